The van der Waals surface area contributed by atoms with Gasteiger partial charge in [-0.1, -0.05) is 12.1 Å². The van der Waals surface area contributed by atoms with E-state index in [9.17, 15) is 4.79 Å². The lowest BCUT2D eigenvalue weighted by Gasteiger charge is -2.11. The van der Waals surface area contributed by atoms with Gasteiger partial charge in [-0.3, -0.25) is 4.79 Å². The van der Waals surface area contributed by atoms with Crippen LogP contribution in [0.1, 0.15) is 42.1 Å². The van der Waals surface area contributed by atoms with Gasteiger partial charge in [0.1, 0.15) is 23.9 Å². The van der Waals surface area contributed by atoms with Gasteiger partial charge in [-0.05, 0) is 44.5 Å². The highest BCUT2D eigenvalue weighted by molar-refractivity contribution is 5.93. The summed E-state index contributed by atoms with van der Waals surface area (Å²) in [5, 5.41) is 6.73. The molecule has 6 nitrogen and oxygen atoms in total. The molecule has 6 heteroatoms. The van der Waals surface area contributed by atoms with Crippen molar-refractivity contribution >= 4 is 5.91 Å². The number of amides is 1. The number of nitrogens with zero attached hydrogens (tertiary/aromatic N) is 1. The first-order valence-corrected chi connectivity index (χ1v) is 7.58. The third-order valence-electron chi connectivity index (χ3n) is 3.63. The van der Waals surface area contributed by atoms with Gasteiger partial charge < -0.3 is 19.3 Å². The Bertz CT molecular complexity index is 649. The van der Waals surface area contributed by atoms with Crippen molar-refractivity contribution in [1.82, 2.24) is 10.5 Å². The molecule has 0 saturated carbocycles. The number of benzene rings is 1. The van der Waals surface area contributed by atoms with Crippen molar-refractivity contribution in [2.24, 2.45) is 0 Å². The van der Waals surface area contributed by atoms with Crippen LogP contribution in [0, 0.1) is 6.92 Å². The fourth-order valence-corrected chi connectivity index (χ4v) is 1.96. The Morgan fingerprint density at radius 1 is 1.30 bits per heavy atom. The third kappa shape index (κ3) is 4.25. The van der Waals surface area contributed by atoms with Gasteiger partial charge in [-0.2, -0.15) is 0 Å². The van der Waals surface area contributed by atoms with Crippen LogP contribution in [0.25, 0.3) is 0 Å². The van der Waals surface area contributed by atoms with Gasteiger partial charge in [0.2, 0.25) is 0 Å². The van der Waals surface area contributed by atoms with Crippen LogP contribution in [-0.4, -0.2) is 24.2 Å². The number of hydrogen-bond donors (Lipinski definition) is 1. The molecule has 0 spiro atoms. The van der Waals surface area contributed by atoms with Crippen LogP contribution in [0.2, 0.25) is 0 Å². The number of aromatic nitrogens is 1. The number of rotatable bonds is 7. The van der Waals surface area contributed by atoms with E-state index < -0.39 is 0 Å². The van der Waals surface area contributed by atoms with E-state index >= 15 is 0 Å². The molecule has 1 aromatic carbocycles. The highest BCUT2D eigenvalue weighted by Gasteiger charge is 2.21. The Balaban J connectivity index is 2.07. The lowest BCUT2D eigenvalue weighted by atomic mass is 10.2. The van der Waals surface area contributed by atoms with Gasteiger partial charge in [-0.25, -0.2) is 0 Å². The summed E-state index contributed by atoms with van der Waals surface area (Å²) in [7, 11) is 1.61. The molecular weight excluding hydrogens is 296 g/mol. The Kier molecular flexibility index (Phi) is 5.62. The summed E-state index contributed by atoms with van der Waals surface area (Å²) >= 11 is 0. The second-order valence-electron chi connectivity index (χ2n) is 5.31. The molecule has 2 rings (SSSR count). The van der Waals surface area contributed by atoms with Gasteiger partial charge in [0.05, 0.1) is 12.7 Å². The summed E-state index contributed by atoms with van der Waals surface area (Å²) in [5.41, 5.74) is 0.929. The molecule has 1 heterocycles. The Labute approximate surface area is 135 Å². The van der Waals surface area contributed by atoms with Crippen molar-refractivity contribution in [3.63, 3.8) is 0 Å². The SMILES string of the molecule is CCC(C)NC(=O)c1noc(C)c1COc1ccc(OC)cc1. The molecule has 1 atom stereocenters. The molecule has 0 aliphatic rings. The van der Waals surface area contributed by atoms with Crippen molar-refractivity contribution < 1.29 is 18.8 Å². The average Bonchev–Trinajstić information content (AvgIpc) is 2.94. The largest absolute Gasteiger partial charge is 0.497 e. The first-order valence-electron chi connectivity index (χ1n) is 7.58. The summed E-state index contributed by atoms with van der Waals surface area (Å²) in [4.78, 5) is 12.2. The normalized spacial score (nSPS) is 11.8. The minimum absolute atomic E-state index is 0.0786. The van der Waals surface area contributed by atoms with E-state index in [1.54, 1.807) is 26.2 Å². The molecule has 2 aromatic rings. The molecule has 1 N–H and O–H groups in total. The molecule has 0 aliphatic heterocycles. The topological polar surface area (TPSA) is 73.6 Å². The molecule has 0 radical (unpaired) electrons. The van der Waals surface area contributed by atoms with Crippen LogP contribution < -0.4 is 14.8 Å². The molecule has 1 unspecified atom stereocenters. The number of carbonyl (C=O) groups excluding carboxylic acids is 1. The smallest absolute Gasteiger partial charge is 0.274 e. The fourth-order valence-electron chi connectivity index (χ4n) is 1.96. The molecule has 0 fully saturated rings. The quantitative estimate of drug-likeness (QED) is 0.849. The van der Waals surface area contributed by atoms with E-state index in [0.29, 0.717) is 17.1 Å². The van der Waals surface area contributed by atoms with Gasteiger partial charge in [0.25, 0.3) is 5.91 Å². The van der Waals surface area contributed by atoms with Crippen LogP contribution in [-0.2, 0) is 6.61 Å². The highest BCUT2D eigenvalue weighted by atomic mass is 16.5. The van der Waals surface area contributed by atoms with Crippen molar-refractivity contribution in [3.8, 4) is 11.5 Å². The Hall–Kier alpha value is -2.50. The van der Waals surface area contributed by atoms with E-state index in [4.69, 9.17) is 14.0 Å². The molecule has 0 bridgehead atoms. The average molecular weight is 318 g/mol. The van der Waals surface area contributed by atoms with Crippen molar-refractivity contribution in [1.29, 1.82) is 0 Å². The van der Waals surface area contributed by atoms with Crippen molar-refractivity contribution in [2.45, 2.75) is 39.8 Å². The second kappa shape index (κ2) is 7.67. The first-order chi connectivity index (χ1) is 11.0. The molecule has 1 amide bonds. The number of methoxy groups -OCH3 is 1. The van der Waals surface area contributed by atoms with Crippen molar-refractivity contribution in [2.75, 3.05) is 7.11 Å². The van der Waals surface area contributed by atoms with Crippen LogP contribution in [0.3, 0.4) is 0 Å². The van der Waals surface area contributed by atoms with Gasteiger partial charge in [0, 0.05) is 6.04 Å². The molecule has 124 valence electrons. The maximum atomic E-state index is 12.2. The maximum Gasteiger partial charge on any atom is 0.274 e. The predicted octanol–water partition coefficient (Wildman–Crippen LogP) is 3.10. The third-order valence-corrected chi connectivity index (χ3v) is 3.63. The van der Waals surface area contributed by atoms with Crippen LogP contribution in [0.15, 0.2) is 28.8 Å². The summed E-state index contributed by atoms with van der Waals surface area (Å²) in [6.45, 7) is 5.93. The molecule has 0 aliphatic carbocycles. The minimum Gasteiger partial charge on any atom is -0.497 e. The molecule has 23 heavy (non-hydrogen) atoms. The first kappa shape index (κ1) is 16.9. The number of carbonyl (C=O) groups is 1. The van der Waals surface area contributed by atoms with Gasteiger partial charge >= 0.3 is 0 Å². The summed E-state index contributed by atoms with van der Waals surface area (Å²) in [5.74, 6) is 1.77. The van der Waals surface area contributed by atoms with Crippen LogP contribution in [0.5, 0.6) is 11.5 Å². The van der Waals surface area contributed by atoms with Crippen LogP contribution in [0.4, 0.5) is 0 Å². The van der Waals surface area contributed by atoms with E-state index in [-0.39, 0.29) is 24.2 Å². The molecular formula is C17H22N2O4. The summed E-state index contributed by atoms with van der Waals surface area (Å²) < 4.78 is 16.0. The van der Waals surface area contributed by atoms with Gasteiger partial charge in [0.15, 0.2) is 5.69 Å². The monoisotopic (exact) mass is 318 g/mol. The maximum absolute atomic E-state index is 12.2. The zero-order chi connectivity index (χ0) is 16.8. The summed E-state index contributed by atoms with van der Waals surface area (Å²) in [6.07, 6.45) is 0.847. The second-order valence-corrected chi connectivity index (χ2v) is 5.31. The summed E-state index contributed by atoms with van der Waals surface area (Å²) in [6, 6.07) is 7.31. The zero-order valence-corrected chi connectivity index (χ0v) is 13.9. The Morgan fingerprint density at radius 3 is 2.57 bits per heavy atom. The van der Waals surface area contributed by atoms with E-state index in [1.807, 2.05) is 26.0 Å². The van der Waals surface area contributed by atoms with E-state index in [1.165, 1.54) is 0 Å². The molecule has 1 aromatic heterocycles. The number of ether oxygens (including phenoxy) is 2. The standard InChI is InChI=1S/C17H22N2O4/c1-5-11(2)18-17(20)16-15(12(3)23-19-16)10-22-14-8-6-13(21-4)7-9-14/h6-9,11H,5,10H2,1-4H3,(H,18,20). The predicted molar refractivity (Wildman–Crippen MR) is 85.8 cm³/mol. The fraction of sp³-hybridized carbons (Fsp3) is 0.412. The number of nitrogens with one attached hydrogen (secondary N) is 1. The lowest BCUT2D eigenvalue weighted by Crippen LogP contribution is -2.32. The molecule has 0 saturated heterocycles. The minimum atomic E-state index is -0.246. The lowest BCUT2D eigenvalue weighted by molar-refractivity contribution is 0.0928. The highest BCUT2D eigenvalue weighted by Crippen LogP contribution is 2.20. The van der Waals surface area contributed by atoms with E-state index in [2.05, 4.69) is 10.5 Å². The van der Waals surface area contributed by atoms with E-state index in [0.717, 1.165) is 12.2 Å². The van der Waals surface area contributed by atoms with Gasteiger partial charge in [-0.15, -0.1) is 0 Å². The zero-order valence-electron chi connectivity index (χ0n) is 13.9. The number of aryl methyl sites for hydroxylation is 1. The van der Waals surface area contributed by atoms with Crippen molar-refractivity contribution in [3.05, 3.63) is 41.3 Å². The Morgan fingerprint density at radius 2 is 1.96 bits per heavy atom. The van der Waals surface area contributed by atoms with Crippen LogP contribution >= 0.6 is 0 Å². The number of hydrogen-bond acceptors (Lipinski definition) is 5.